The summed E-state index contributed by atoms with van der Waals surface area (Å²) >= 11 is 0. The van der Waals surface area contributed by atoms with E-state index in [0.29, 0.717) is 0 Å². The number of nitrogens with zero attached hydrogens (tertiary/aromatic N) is 1. The smallest absolute Gasteiger partial charge is 0.285 e. The summed E-state index contributed by atoms with van der Waals surface area (Å²) in [5.41, 5.74) is 2.94. The monoisotopic (exact) mass is 169 g/mol. The molecule has 12 heavy (non-hydrogen) atoms. The average Bonchev–Trinajstić information content (AvgIpc) is 2.46. The highest BCUT2D eigenvalue weighted by atomic mass is 16.1. The van der Waals surface area contributed by atoms with Crippen LogP contribution in [0.3, 0.4) is 0 Å². The summed E-state index contributed by atoms with van der Waals surface area (Å²) in [5.74, 6) is 0. The van der Waals surface area contributed by atoms with Gasteiger partial charge in [-0.3, -0.25) is 9.89 Å². The lowest BCUT2D eigenvalue weighted by Crippen LogP contribution is -2.27. The molecule has 0 aromatic carbocycles. The minimum Gasteiger partial charge on any atom is -0.308 e. The molecule has 0 fully saturated rings. The van der Waals surface area contributed by atoms with Crippen LogP contribution < -0.4 is 11.0 Å². The van der Waals surface area contributed by atoms with Crippen LogP contribution in [0.4, 0.5) is 0 Å². The fraction of sp³-hybridized carbons (Fsp3) is 0.625. The van der Waals surface area contributed by atoms with Gasteiger partial charge in [0.25, 0.3) is 5.56 Å². The van der Waals surface area contributed by atoms with Gasteiger partial charge in [0.2, 0.25) is 0 Å². The molecule has 0 aliphatic carbocycles. The summed E-state index contributed by atoms with van der Waals surface area (Å²) in [6.07, 6.45) is 5.11. The molecule has 4 heteroatoms. The van der Waals surface area contributed by atoms with E-state index in [-0.39, 0.29) is 5.56 Å². The van der Waals surface area contributed by atoms with Crippen LogP contribution in [0.25, 0.3) is 0 Å². The van der Waals surface area contributed by atoms with Crippen molar-refractivity contribution >= 4 is 0 Å². The van der Waals surface area contributed by atoms with E-state index >= 15 is 0 Å². The Morgan fingerprint density at radius 2 is 2.42 bits per heavy atom. The maximum absolute atomic E-state index is 11.0. The van der Waals surface area contributed by atoms with E-state index in [1.165, 1.54) is 23.7 Å². The first kappa shape index (κ1) is 8.90. The van der Waals surface area contributed by atoms with Gasteiger partial charge in [-0.15, -0.1) is 0 Å². The lowest BCUT2D eigenvalue weighted by Gasteiger charge is -2.04. The normalized spacial score (nSPS) is 10.1. The number of aromatic amines is 1. The Kier molecular flexibility index (Phi) is 3.44. The number of unbranched alkanes of at least 4 members (excludes halogenated alkanes) is 2. The van der Waals surface area contributed by atoms with Gasteiger partial charge >= 0.3 is 0 Å². The van der Waals surface area contributed by atoms with Gasteiger partial charge in [0.05, 0.1) is 0 Å². The van der Waals surface area contributed by atoms with Gasteiger partial charge in [-0.25, -0.2) is 0 Å². The molecule has 0 bridgehead atoms. The molecule has 1 aromatic rings. The average molecular weight is 169 g/mol. The van der Waals surface area contributed by atoms with Crippen molar-refractivity contribution in [3.05, 3.63) is 22.6 Å². The number of hydrogen-bond acceptors (Lipinski definition) is 2. The number of rotatable bonds is 5. The summed E-state index contributed by atoms with van der Waals surface area (Å²) < 4.78 is 0. The van der Waals surface area contributed by atoms with Crippen LogP contribution in [0, 0.1) is 0 Å². The van der Waals surface area contributed by atoms with Crippen molar-refractivity contribution in [2.24, 2.45) is 0 Å². The van der Waals surface area contributed by atoms with E-state index < -0.39 is 0 Å². The Hall–Kier alpha value is -1.19. The van der Waals surface area contributed by atoms with Crippen LogP contribution in [0.15, 0.2) is 17.1 Å². The van der Waals surface area contributed by atoms with Crippen molar-refractivity contribution in [1.82, 2.24) is 9.89 Å². The highest BCUT2D eigenvalue weighted by molar-refractivity contribution is 4.83. The van der Waals surface area contributed by atoms with E-state index in [4.69, 9.17) is 0 Å². The molecular weight excluding hydrogens is 154 g/mol. The lowest BCUT2D eigenvalue weighted by atomic mass is 10.2. The molecule has 0 saturated heterocycles. The third-order valence-corrected chi connectivity index (χ3v) is 1.70. The summed E-state index contributed by atoms with van der Waals surface area (Å²) in [5, 5.41) is 2.78. The molecule has 0 atom stereocenters. The molecule has 2 N–H and O–H groups in total. The number of aromatic nitrogens is 2. The van der Waals surface area contributed by atoms with Crippen LogP contribution in [0.1, 0.15) is 26.2 Å². The van der Waals surface area contributed by atoms with Gasteiger partial charge < -0.3 is 5.43 Å². The third-order valence-electron chi connectivity index (χ3n) is 1.70. The second kappa shape index (κ2) is 4.64. The largest absolute Gasteiger partial charge is 0.308 e. The number of hydrogen-bond donors (Lipinski definition) is 2. The highest BCUT2D eigenvalue weighted by Crippen LogP contribution is 1.90. The van der Waals surface area contributed by atoms with E-state index in [9.17, 15) is 4.79 Å². The topological polar surface area (TPSA) is 49.8 Å². The van der Waals surface area contributed by atoms with Gasteiger partial charge in [0, 0.05) is 18.8 Å². The Bertz CT molecular complexity index is 263. The Morgan fingerprint density at radius 3 is 3.00 bits per heavy atom. The van der Waals surface area contributed by atoms with Crippen LogP contribution in [0.2, 0.25) is 0 Å². The van der Waals surface area contributed by atoms with Gasteiger partial charge in [0.15, 0.2) is 0 Å². The van der Waals surface area contributed by atoms with Gasteiger partial charge in [-0.2, -0.15) is 4.79 Å². The van der Waals surface area contributed by atoms with Crippen molar-refractivity contribution in [2.75, 3.05) is 12.0 Å². The lowest BCUT2D eigenvalue weighted by molar-refractivity contribution is 0.655. The summed E-state index contributed by atoms with van der Waals surface area (Å²) in [7, 11) is 0. The quantitative estimate of drug-likeness (QED) is 0.644. The minimum absolute atomic E-state index is 0.0356. The maximum Gasteiger partial charge on any atom is 0.285 e. The van der Waals surface area contributed by atoms with Gasteiger partial charge in [-0.1, -0.05) is 19.8 Å². The van der Waals surface area contributed by atoms with E-state index in [2.05, 4.69) is 17.4 Å². The van der Waals surface area contributed by atoms with Crippen molar-refractivity contribution in [3.63, 3.8) is 0 Å². The third kappa shape index (κ3) is 2.45. The van der Waals surface area contributed by atoms with Crippen molar-refractivity contribution in [3.8, 4) is 0 Å². The molecule has 0 unspecified atom stereocenters. The molecule has 0 aliphatic heterocycles. The first-order valence-electron chi connectivity index (χ1n) is 4.35. The minimum atomic E-state index is -0.0356. The van der Waals surface area contributed by atoms with Crippen LogP contribution in [-0.4, -0.2) is 16.4 Å². The predicted molar refractivity (Wildman–Crippen MR) is 48.8 cm³/mol. The fourth-order valence-electron chi connectivity index (χ4n) is 1.01. The molecule has 1 rings (SSSR count). The van der Waals surface area contributed by atoms with Crippen LogP contribution in [-0.2, 0) is 0 Å². The van der Waals surface area contributed by atoms with Crippen LogP contribution >= 0.6 is 0 Å². The SMILES string of the molecule is CCCCCNn1[nH]ccc1=O. The molecule has 0 spiro atoms. The van der Waals surface area contributed by atoms with E-state index in [1.807, 2.05) is 0 Å². The molecule has 4 nitrogen and oxygen atoms in total. The summed E-state index contributed by atoms with van der Waals surface area (Å²) in [6, 6.07) is 1.49. The summed E-state index contributed by atoms with van der Waals surface area (Å²) in [6.45, 7) is 3.00. The molecule has 0 saturated carbocycles. The summed E-state index contributed by atoms with van der Waals surface area (Å²) in [4.78, 5) is 12.4. The number of nitrogens with one attached hydrogen (secondary N) is 2. The zero-order valence-corrected chi connectivity index (χ0v) is 7.34. The van der Waals surface area contributed by atoms with Crippen LogP contribution in [0.5, 0.6) is 0 Å². The molecule has 0 amide bonds. The molecule has 1 heterocycles. The van der Waals surface area contributed by atoms with Crippen molar-refractivity contribution in [1.29, 1.82) is 0 Å². The number of H-pyrrole nitrogens is 1. The van der Waals surface area contributed by atoms with Gasteiger partial charge in [0.1, 0.15) is 0 Å². The highest BCUT2D eigenvalue weighted by Gasteiger charge is 1.91. The predicted octanol–water partition coefficient (Wildman–Crippen LogP) is 0.910. The fourth-order valence-corrected chi connectivity index (χ4v) is 1.01. The zero-order chi connectivity index (χ0) is 8.81. The zero-order valence-electron chi connectivity index (χ0n) is 7.34. The maximum atomic E-state index is 11.0. The Labute approximate surface area is 71.5 Å². The van der Waals surface area contributed by atoms with E-state index in [1.54, 1.807) is 6.20 Å². The first-order chi connectivity index (χ1) is 5.84. The van der Waals surface area contributed by atoms with Crippen molar-refractivity contribution < 1.29 is 0 Å². The molecule has 0 radical (unpaired) electrons. The Balaban J connectivity index is 2.24. The van der Waals surface area contributed by atoms with Gasteiger partial charge in [-0.05, 0) is 6.42 Å². The molecular formula is C8H15N3O. The Morgan fingerprint density at radius 1 is 1.58 bits per heavy atom. The molecule has 0 aliphatic rings. The second-order valence-corrected chi connectivity index (χ2v) is 2.75. The van der Waals surface area contributed by atoms with Crippen molar-refractivity contribution in [2.45, 2.75) is 26.2 Å². The first-order valence-corrected chi connectivity index (χ1v) is 4.35. The second-order valence-electron chi connectivity index (χ2n) is 2.75. The molecule has 68 valence electrons. The van der Waals surface area contributed by atoms with E-state index in [0.717, 1.165) is 13.0 Å². The molecule has 1 aromatic heterocycles. The standard InChI is InChI=1S/C8H15N3O/c1-2-3-4-6-9-11-8(12)5-7-10-11/h5,7,9-10H,2-4,6H2,1H3.